The number of halogens is 3. The molecule has 2 N–H and O–H groups in total. The maximum atomic E-state index is 14.6. The van der Waals surface area contributed by atoms with Crippen LogP contribution in [0.4, 0.5) is 24.5 Å². The smallest absolute Gasteiger partial charge is 0.399 e. The van der Waals surface area contributed by atoms with Gasteiger partial charge in [0.1, 0.15) is 10.7 Å². The predicted octanol–water partition coefficient (Wildman–Crippen LogP) is 4.46. The van der Waals surface area contributed by atoms with E-state index in [-0.39, 0.29) is 16.9 Å². The van der Waals surface area contributed by atoms with Gasteiger partial charge in [0.2, 0.25) is 0 Å². The van der Waals surface area contributed by atoms with Crippen molar-refractivity contribution in [1.82, 2.24) is 0 Å². The van der Waals surface area contributed by atoms with Crippen molar-refractivity contribution < 1.29 is 35.7 Å². The van der Waals surface area contributed by atoms with Gasteiger partial charge in [0, 0.05) is 23.0 Å². The molecule has 12 heteroatoms. The average Bonchev–Trinajstić information content (AvgIpc) is 3.03. The predicted molar refractivity (Wildman–Crippen MR) is 134 cm³/mol. The van der Waals surface area contributed by atoms with Crippen LogP contribution in [0.5, 0.6) is 0 Å². The largest absolute Gasteiger partial charge is 0.494 e. The molecular formula is C25H24BF3N2O5S. The molecule has 0 saturated carbocycles. The van der Waals surface area contributed by atoms with Crippen molar-refractivity contribution in [2.75, 3.05) is 10.0 Å². The number of amides is 1. The SMILES string of the molecule is CC1(C)OB(c2cccc(NS(=O)(=O)c3cc(C(=O)Nc4ccc(F)c(F)c4)ccc3F)c2)OC1(C)C. The fraction of sp³-hybridized carbons (Fsp3) is 0.240. The third-order valence-corrected chi connectivity index (χ3v) is 7.72. The Morgan fingerprint density at radius 3 is 2.11 bits per heavy atom. The molecule has 1 aliphatic rings. The van der Waals surface area contributed by atoms with E-state index in [4.69, 9.17) is 9.31 Å². The van der Waals surface area contributed by atoms with Crippen LogP contribution in [0.15, 0.2) is 65.6 Å². The normalized spacial score (nSPS) is 16.5. The zero-order valence-electron chi connectivity index (χ0n) is 20.4. The van der Waals surface area contributed by atoms with Gasteiger partial charge in [0.25, 0.3) is 15.9 Å². The highest BCUT2D eigenvalue weighted by Gasteiger charge is 2.51. The van der Waals surface area contributed by atoms with Crippen LogP contribution in [-0.4, -0.2) is 32.6 Å². The fourth-order valence-electron chi connectivity index (χ4n) is 3.57. The number of nitrogens with one attached hydrogen (secondary N) is 2. The minimum atomic E-state index is -4.47. The minimum absolute atomic E-state index is 0.0599. The van der Waals surface area contributed by atoms with E-state index in [1.807, 2.05) is 27.7 Å². The lowest BCUT2D eigenvalue weighted by atomic mass is 9.79. The Labute approximate surface area is 213 Å². The van der Waals surface area contributed by atoms with E-state index in [1.54, 1.807) is 12.1 Å². The summed E-state index contributed by atoms with van der Waals surface area (Å²) < 4.78 is 81.5. The molecule has 0 aromatic heterocycles. The summed E-state index contributed by atoms with van der Waals surface area (Å²) in [7, 11) is -5.21. The molecule has 0 bridgehead atoms. The molecule has 1 amide bonds. The number of hydrogen-bond donors (Lipinski definition) is 2. The van der Waals surface area contributed by atoms with Crippen LogP contribution in [0.25, 0.3) is 0 Å². The van der Waals surface area contributed by atoms with Crippen LogP contribution in [0.3, 0.4) is 0 Å². The van der Waals surface area contributed by atoms with Crippen LogP contribution in [0, 0.1) is 17.5 Å². The molecule has 194 valence electrons. The summed E-state index contributed by atoms with van der Waals surface area (Å²) in [6.45, 7) is 7.55. The van der Waals surface area contributed by atoms with Crippen molar-refractivity contribution in [3.8, 4) is 0 Å². The summed E-state index contributed by atoms with van der Waals surface area (Å²) in [5.74, 6) is -4.20. The molecule has 1 aliphatic heterocycles. The van der Waals surface area contributed by atoms with Gasteiger partial charge >= 0.3 is 7.12 Å². The summed E-state index contributed by atoms with van der Waals surface area (Å²) in [6.07, 6.45) is 0. The van der Waals surface area contributed by atoms with Crippen molar-refractivity contribution in [2.24, 2.45) is 0 Å². The molecule has 3 aromatic carbocycles. The first kappa shape index (κ1) is 26.7. The maximum Gasteiger partial charge on any atom is 0.494 e. The summed E-state index contributed by atoms with van der Waals surface area (Å²) in [6, 6.07) is 11.8. The lowest BCUT2D eigenvalue weighted by Crippen LogP contribution is -2.41. The summed E-state index contributed by atoms with van der Waals surface area (Å²) in [4.78, 5) is 11.8. The minimum Gasteiger partial charge on any atom is -0.399 e. The van der Waals surface area contributed by atoms with Crippen molar-refractivity contribution in [1.29, 1.82) is 0 Å². The molecule has 1 saturated heterocycles. The second-order valence-electron chi connectivity index (χ2n) is 9.55. The van der Waals surface area contributed by atoms with Gasteiger partial charge in [-0.05, 0) is 75.6 Å². The first-order valence-corrected chi connectivity index (χ1v) is 12.7. The van der Waals surface area contributed by atoms with Gasteiger partial charge < -0.3 is 14.6 Å². The monoisotopic (exact) mass is 532 g/mol. The van der Waals surface area contributed by atoms with Gasteiger partial charge in [-0.1, -0.05) is 12.1 Å². The number of carbonyl (C=O) groups excluding carboxylic acids is 1. The zero-order chi connectivity index (χ0) is 27.2. The highest BCUT2D eigenvalue weighted by molar-refractivity contribution is 7.92. The van der Waals surface area contributed by atoms with Crippen molar-refractivity contribution >= 4 is 39.9 Å². The maximum absolute atomic E-state index is 14.6. The van der Waals surface area contributed by atoms with Gasteiger partial charge in [-0.3, -0.25) is 9.52 Å². The van der Waals surface area contributed by atoms with Gasteiger partial charge in [0.15, 0.2) is 11.6 Å². The third kappa shape index (κ3) is 5.51. The van der Waals surface area contributed by atoms with E-state index < -0.39 is 56.6 Å². The van der Waals surface area contributed by atoms with Crippen LogP contribution in [0.2, 0.25) is 0 Å². The molecule has 0 spiro atoms. The number of carbonyl (C=O) groups is 1. The molecular weight excluding hydrogens is 508 g/mol. The molecule has 7 nitrogen and oxygen atoms in total. The van der Waals surface area contributed by atoms with E-state index in [0.717, 1.165) is 36.4 Å². The zero-order valence-corrected chi connectivity index (χ0v) is 21.3. The van der Waals surface area contributed by atoms with Crippen molar-refractivity contribution in [2.45, 2.75) is 43.8 Å². The number of anilines is 2. The summed E-state index contributed by atoms with van der Waals surface area (Å²) in [5.41, 5.74) is -0.788. The molecule has 0 atom stereocenters. The van der Waals surface area contributed by atoms with Crippen molar-refractivity contribution in [3.63, 3.8) is 0 Å². The summed E-state index contributed by atoms with van der Waals surface area (Å²) >= 11 is 0. The van der Waals surface area contributed by atoms with Gasteiger partial charge in [0.05, 0.1) is 11.2 Å². The van der Waals surface area contributed by atoms with E-state index >= 15 is 0 Å². The highest BCUT2D eigenvalue weighted by atomic mass is 32.2. The first-order chi connectivity index (χ1) is 17.2. The molecule has 1 fully saturated rings. The average molecular weight is 532 g/mol. The molecule has 3 aromatic rings. The van der Waals surface area contributed by atoms with E-state index in [2.05, 4.69) is 10.0 Å². The fourth-order valence-corrected chi connectivity index (χ4v) is 4.72. The molecule has 1 heterocycles. The third-order valence-electron chi connectivity index (χ3n) is 6.32. The molecule has 0 radical (unpaired) electrons. The topological polar surface area (TPSA) is 93.7 Å². The second-order valence-corrected chi connectivity index (χ2v) is 11.2. The van der Waals surface area contributed by atoms with Gasteiger partial charge in [-0.15, -0.1) is 0 Å². The lowest BCUT2D eigenvalue weighted by Gasteiger charge is -2.32. The number of rotatable bonds is 6. The van der Waals surface area contributed by atoms with E-state index in [9.17, 15) is 26.4 Å². The lowest BCUT2D eigenvalue weighted by molar-refractivity contribution is 0.00578. The van der Waals surface area contributed by atoms with Crippen LogP contribution >= 0.6 is 0 Å². The van der Waals surface area contributed by atoms with Crippen LogP contribution < -0.4 is 15.5 Å². The Bertz CT molecular complexity index is 1460. The number of benzene rings is 3. The summed E-state index contributed by atoms with van der Waals surface area (Å²) in [5, 5.41) is 2.31. The van der Waals surface area contributed by atoms with Crippen LogP contribution in [0.1, 0.15) is 38.1 Å². The highest BCUT2D eigenvalue weighted by Crippen LogP contribution is 2.36. The molecule has 0 unspecified atom stereocenters. The number of sulfonamides is 1. The quantitative estimate of drug-likeness (QED) is 0.458. The first-order valence-electron chi connectivity index (χ1n) is 11.2. The van der Waals surface area contributed by atoms with E-state index in [0.29, 0.717) is 5.46 Å². The number of hydrogen-bond acceptors (Lipinski definition) is 5. The Morgan fingerprint density at radius 2 is 1.46 bits per heavy atom. The molecule has 0 aliphatic carbocycles. The van der Waals surface area contributed by atoms with E-state index in [1.165, 1.54) is 12.1 Å². The van der Waals surface area contributed by atoms with Gasteiger partial charge in [-0.25, -0.2) is 21.6 Å². The molecule has 37 heavy (non-hydrogen) atoms. The van der Waals surface area contributed by atoms with Crippen molar-refractivity contribution in [3.05, 3.63) is 83.7 Å². The Balaban J connectivity index is 1.56. The van der Waals surface area contributed by atoms with Crippen LogP contribution in [-0.2, 0) is 19.3 Å². The Morgan fingerprint density at radius 1 is 0.811 bits per heavy atom. The molecule has 4 rings (SSSR count). The standard InChI is InChI=1S/C25H24BF3N2O5S/c1-24(2)25(3,4)36-26(35-24)16-6-5-7-18(13-16)31-37(33,34)22-12-15(8-10-20(22)28)23(32)30-17-9-11-19(27)21(29)14-17/h5-14,31H,1-4H3,(H,30,32). The Kier molecular flexibility index (Phi) is 6.87. The Hall–Kier alpha value is -3.35. The van der Waals surface area contributed by atoms with Gasteiger partial charge in [-0.2, -0.15) is 0 Å². The second kappa shape index (κ2) is 9.51.